The van der Waals surface area contributed by atoms with E-state index in [0.29, 0.717) is 6.42 Å². The average molecular weight is 256 g/mol. The summed E-state index contributed by atoms with van der Waals surface area (Å²) in [5.74, 6) is 0.239. The summed E-state index contributed by atoms with van der Waals surface area (Å²) in [5.41, 5.74) is 5.83. The maximum Gasteiger partial charge on any atom is 0.130 e. The maximum absolute atomic E-state index is 11.0. The number of ketones is 1. The third-order valence-electron chi connectivity index (χ3n) is 3.52. The molecule has 0 fully saturated rings. The number of nitrogens with zero attached hydrogens (tertiary/aromatic N) is 2. The van der Waals surface area contributed by atoms with Crippen molar-refractivity contribution in [2.24, 2.45) is 7.05 Å². The molecule has 0 aliphatic rings. The van der Waals surface area contributed by atoms with Gasteiger partial charge in [0.05, 0.1) is 5.69 Å². The standard InChI is InChI=1S/C16H20N2O/c1-11(19)5-6-14-7-9-15(10-8-14)16-12(2)17-18(4)13(16)3/h7-10H,5-6H2,1-4H3. The fourth-order valence-electron chi connectivity index (χ4n) is 2.35. The summed E-state index contributed by atoms with van der Waals surface area (Å²) in [6, 6.07) is 8.44. The van der Waals surface area contributed by atoms with Gasteiger partial charge in [0.2, 0.25) is 0 Å². The highest BCUT2D eigenvalue weighted by atomic mass is 16.1. The van der Waals surface area contributed by atoms with E-state index >= 15 is 0 Å². The number of Topliss-reactive ketones (excluding diaryl/α,β-unsaturated/α-hetero) is 1. The zero-order valence-electron chi connectivity index (χ0n) is 12.0. The number of hydrogen-bond donors (Lipinski definition) is 0. The van der Waals surface area contributed by atoms with E-state index in [1.54, 1.807) is 6.92 Å². The highest BCUT2D eigenvalue weighted by Gasteiger charge is 2.11. The van der Waals surface area contributed by atoms with Gasteiger partial charge in [0.15, 0.2) is 0 Å². The Balaban J connectivity index is 2.25. The first-order valence-electron chi connectivity index (χ1n) is 6.58. The van der Waals surface area contributed by atoms with Crippen LogP contribution in [0.4, 0.5) is 0 Å². The van der Waals surface area contributed by atoms with Crippen LogP contribution < -0.4 is 0 Å². The van der Waals surface area contributed by atoms with Crippen LogP contribution in [0.1, 0.15) is 30.3 Å². The first-order chi connectivity index (χ1) is 8.99. The van der Waals surface area contributed by atoms with Gasteiger partial charge in [-0.1, -0.05) is 24.3 Å². The Morgan fingerprint density at radius 1 is 1.21 bits per heavy atom. The van der Waals surface area contributed by atoms with Crippen LogP contribution >= 0.6 is 0 Å². The Kier molecular flexibility index (Phi) is 3.84. The fraction of sp³-hybridized carbons (Fsp3) is 0.375. The molecule has 0 atom stereocenters. The summed E-state index contributed by atoms with van der Waals surface area (Å²) in [4.78, 5) is 11.0. The predicted octanol–water partition coefficient (Wildman–Crippen LogP) is 3.23. The second-order valence-corrected chi connectivity index (χ2v) is 5.07. The topological polar surface area (TPSA) is 34.9 Å². The summed E-state index contributed by atoms with van der Waals surface area (Å²) >= 11 is 0. The summed E-state index contributed by atoms with van der Waals surface area (Å²) in [6.45, 7) is 5.75. The lowest BCUT2D eigenvalue weighted by molar-refractivity contribution is -0.116. The van der Waals surface area contributed by atoms with Crippen molar-refractivity contribution in [2.75, 3.05) is 0 Å². The van der Waals surface area contributed by atoms with Crippen LogP contribution in [0.5, 0.6) is 0 Å². The van der Waals surface area contributed by atoms with Gasteiger partial charge in [0, 0.05) is 24.7 Å². The molecule has 100 valence electrons. The van der Waals surface area contributed by atoms with E-state index in [4.69, 9.17) is 0 Å². The Labute approximate surface area is 114 Å². The fourth-order valence-corrected chi connectivity index (χ4v) is 2.35. The molecule has 0 unspecified atom stereocenters. The summed E-state index contributed by atoms with van der Waals surface area (Å²) in [5, 5.41) is 4.44. The Bertz CT molecular complexity index is 594. The van der Waals surface area contributed by atoms with Crippen molar-refractivity contribution in [1.82, 2.24) is 9.78 Å². The van der Waals surface area contributed by atoms with Gasteiger partial charge in [-0.2, -0.15) is 5.10 Å². The molecule has 0 aliphatic carbocycles. The number of carbonyl (C=O) groups is 1. The van der Waals surface area contributed by atoms with Crippen LogP contribution in [0.25, 0.3) is 11.1 Å². The zero-order chi connectivity index (χ0) is 14.0. The van der Waals surface area contributed by atoms with E-state index in [-0.39, 0.29) is 5.78 Å². The second-order valence-electron chi connectivity index (χ2n) is 5.07. The first-order valence-corrected chi connectivity index (χ1v) is 6.58. The average Bonchev–Trinajstić information content (AvgIpc) is 2.62. The maximum atomic E-state index is 11.0. The molecule has 0 N–H and O–H groups in total. The molecular formula is C16H20N2O. The van der Waals surface area contributed by atoms with Gasteiger partial charge in [-0.05, 0) is 38.3 Å². The molecule has 0 aliphatic heterocycles. The normalized spacial score (nSPS) is 10.7. The third-order valence-corrected chi connectivity index (χ3v) is 3.52. The van der Waals surface area contributed by atoms with Gasteiger partial charge in [0.25, 0.3) is 0 Å². The number of benzene rings is 1. The lowest BCUT2D eigenvalue weighted by Gasteiger charge is -2.04. The number of aromatic nitrogens is 2. The highest BCUT2D eigenvalue weighted by Crippen LogP contribution is 2.26. The van der Waals surface area contributed by atoms with E-state index < -0.39 is 0 Å². The van der Waals surface area contributed by atoms with E-state index in [2.05, 4.69) is 36.3 Å². The molecule has 3 nitrogen and oxygen atoms in total. The van der Waals surface area contributed by atoms with Crippen molar-refractivity contribution in [1.29, 1.82) is 0 Å². The Hall–Kier alpha value is -1.90. The lowest BCUT2D eigenvalue weighted by atomic mass is 10.0. The van der Waals surface area contributed by atoms with Crippen molar-refractivity contribution >= 4 is 5.78 Å². The summed E-state index contributed by atoms with van der Waals surface area (Å²) < 4.78 is 1.91. The zero-order valence-corrected chi connectivity index (χ0v) is 12.0. The number of rotatable bonds is 4. The minimum absolute atomic E-state index is 0.239. The van der Waals surface area contributed by atoms with Crippen LogP contribution in [0.2, 0.25) is 0 Å². The molecule has 3 heteroatoms. The molecule has 19 heavy (non-hydrogen) atoms. The minimum Gasteiger partial charge on any atom is -0.300 e. The molecule has 2 rings (SSSR count). The van der Waals surface area contributed by atoms with Gasteiger partial charge >= 0.3 is 0 Å². The van der Waals surface area contributed by atoms with Gasteiger partial charge in [-0.25, -0.2) is 0 Å². The molecule has 0 saturated heterocycles. The lowest BCUT2D eigenvalue weighted by Crippen LogP contribution is -1.94. The first kappa shape index (κ1) is 13.5. The molecule has 0 amide bonds. The molecular weight excluding hydrogens is 236 g/mol. The van der Waals surface area contributed by atoms with Gasteiger partial charge in [-0.3, -0.25) is 4.68 Å². The quantitative estimate of drug-likeness (QED) is 0.841. The third kappa shape index (κ3) is 2.92. The van der Waals surface area contributed by atoms with Crippen molar-refractivity contribution < 1.29 is 4.79 Å². The van der Waals surface area contributed by atoms with Crippen LogP contribution in [-0.2, 0) is 18.3 Å². The van der Waals surface area contributed by atoms with Crippen molar-refractivity contribution in [2.45, 2.75) is 33.6 Å². The van der Waals surface area contributed by atoms with Crippen LogP contribution in [-0.4, -0.2) is 15.6 Å². The molecule has 0 spiro atoms. The molecule has 2 aromatic rings. The molecule has 0 bridgehead atoms. The van der Waals surface area contributed by atoms with Gasteiger partial charge < -0.3 is 4.79 Å². The monoisotopic (exact) mass is 256 g/mol. The summed E-state index contributed by atoms with van der Waals surface area (Å²) in [6.07, 6.45) is 1.44. The van der Waals surface area contributed by atoms with E-state index in [0.717, 1.165) is 12.1 Å². The number of carbonyl (C=O) groups excluding carboxylic acids is 1. The molecule has 1 aromatic heterocycles. The van der Waals surface area contributed by atoms with E-state index in [1.807, 2.05) is 18.7 Å². The summed E-state index contributed by atoms with van der Waals surface area (Å²) in [7, 11) is 1.97. The molecule has 0 radical (unpaired) electrons. The van der Waals surface area contributed by atoms with E-state index in [9.17, 15) is 4.79 Å². The van der Waals surface area contributed by atoms with Crippen molar-refractivity contribution in [3.63, 3.8) is 0 Å². The van der Waals surface area contributed by atoms with Crippen LogP contribution in [0.3, 0.4) is 0 Å². The molecule has 1 aromatic carbocycles. The van der Waals surface area contributed by atoms with Crippen molar-refractivity contribution in [3.05, 3.63) is 41.2 Å². The van der Waals surface area contributed by atoms with Crippen LogP contribution in [0.15, 0.2) is 24.3 Å². The smallest absolute Gasteiger partial charge is 0.130 e. The largest absolute Gasteiger partial charge is 0.300 e. The second kappa shape index (κ2) is 5.39. The molecule has 0 saturated carbocycles. The Morgan fingerprint density at radius 3 is 2.32 bits per heavy atom. The Morgan fingerprint density at radius 2 is 1.84 bits per heavy atom. The SMILES string of the molecule is CC(=O)CCc1ccc(-c2c(C)nn(C)c2C)cc1. The highest BCUT2D eigenvalue weighted by molar-refractivity contribution is 5.75. The number of aryl methyl sites for hydroxylation is 3. The minimum atomic E-state index is 0.239. The van der Waals surface area contributed by atoms with E-state index in [1.165, 1.54) is 22.4 Å². The molecule has 1 heterocycles. The predicted molar refractivity (Wildman–Crippen MR) is 77.1 cm³/mol. The van der Waals surface area contributed by atoms with Crippen LogP contribution in [0, 0.1) is 13.8 Å². The van der Waals surface area contributed by atoms with Gasteiger partial charge in [0.1, 0.15) is 5.78 Å². The number of hydrogen-bond acceptors (Lipinski definition) is 2. The van der Waals surface area contributed by atoms with Crippen molar-refractivity contribution in [3.8, 4) is 11.1 Å². The van der Waals surface area contributed by atoms with Gasteiger partial charge in [-0.15, -0.1) is 0 Å².